The molecule has 0 spiro atoms. The van der Waals surface area contributed by atoms with Crippen molar-refractivity contribution in [1.82, 2.24) is 9.78 Å². The topological polar surface area (TPSA) is 46.9 Å². The molecule has 5 heteroatoms. The molecule has 0 unspecified atom stereocenters. The molecule has 21 heavy (non-hydrogen) atoms. The third-order valence-electron chi connectivity index (χ3n) is 3.38. The van der Waals surface area contributed by atoms with Crippen molar-refractivity contribution >= 4 is 23.1 Å². The predicted octanol–water partition coefficient (Wildman–Crippen LogP) is 4.29. The van der Waals surface area contributed by atoms with Gasteiger partial charge in [-0.1, -0.05) is 20.3 Å². The van der Waals surface area contributed by atoms with E-state index < -0.39 is 0 Å². The maximum absolute atomic E-state index is 12.4. The number of amides is 1. The van der Waals surface area contributed by atoms with E-state index in [9.17, 15) is 4.79 Å². The largest absolute Gasteiger partial charge is 0.306 e. The zero-order chi connectivity index (χ0) is 15.4. The molecule has 2 aromatic rings. The summed E-state index contributed by atoms with van der Waals surface area (Å²) in [5, 5.41) is 7.20. The molecular formula is C16H23N3OS. The van der Waals surface area contributed by atoms with Crippen LogP contribution in [0.3, 0.4) is 0 Å². The number of nitrogens with zero attached hydrogens (tertiary/aromatic N) is 2. The van der Waals surface area contributed by atoms with Crippen molar-refractivity contribution in [1.29, 1.82) is 0 Å². The lowest BCUT2D eigenvalue weighted by molar-refractivity contribution is 0.102. The lowest BCUT2D eigenvalue weighted by atomic mass is 10.1. The maximum Gasteiger partial charge on any atom is 0.266 e. The van der Waals surface area contributed by atoms with Crippen LogP contribution in [-0.2, 0) is 12.8 Å². The van der Waals surface area contributed by atoms with Crippen molar-refractivity contribution in [3.05, 3.63) is 33.6 Å². The number of hydrogen-bond acceptors (Lipinski definition) is 3. The number of rotatable bonds is 6. The van der Waals surface area contributed by atoms with Crippen LogP contribution >= 0.6 is 11.3 Å². The number of hydrogen-bond donors (Lipinski definition) is 1. The van der Waals surface area contributed by atoms with Crippen molar-refractivity contribution in [2.45, 2.75) is 53.0 Å². The van der Waals surface area contributed by atoms with Gasteiger partial charge in [-0.05, 0) is 38.3 Å². The second-order valence-corrected chi connectivity index (χ2v) is 6.51. The Balaban J connectivity index is 2.18. The predicted molar refractivity (Wildman–Crippen MR) is 88.3 cm³/mol. The number of thiophene rings is 1. The highest BCUT2D eigenvalue weighted by molar-refractivity contribution is 7.14. The number of carbonyl (C=O) groups excluding carboxylic acids is 1. The molecule has 0 aliphatic carbocycles. The lowest BCUT2D eigenvalue weighted by Crippen LogP contribution is -2.15. The molecule has 2 heterocycles. The van der Waals surface area contributed by atoms with E-state index in [-0.39, 0.29) is 11.9 Å². The Kier molecular flexibility index (Phi) is 5.17. The number of aromatic nitrogens is 2. The van der Waals surface area contributed by atoms with Gasteiger partial charge >= 0.3 is 0 Å². The summed E-state index contributed by atoms with van der Waals surface area (Å²) in [4.78, 5) is 14.6. The van der Waals surface area contributed by atoms with Crippen molar-refractivity contribution < 1.29 is 4.79 Å². The number of anilines is 1. The molecule has 0 aromatic carbocycles. The summed E-state index contributed by atoms with van der Waals surface area (Å²) < 4.78 is 1.82. The third kappa shape index (κ3) is 3.53. The lowest BCUT2D eigenvalue weighted by Gasteiger charge is -2.11. The smallest absolute Gasteiger partial charge is 0.266 e. The van der Waals surface area contributed by atoms with Crippen LogP contribution < -0.4 is 5.32 Å². The Morgan fingerprint density at radius 2 is 2.19 bits per heavy atom. The minimum absolute atomic E-state index is 0.0422. The molecule has 0 aliphatic rings. The van der Waals surface area contributed by atoms with Crippen LogP contribution in [0.15, 0.2) is 18.3 Å². The number of aryl methyl sites for hydroxylation is 2. The second kappa shape index (κ2) is 6.89. The van der Waals surface area contributed by atoms with E-state index in [0.717, 1.165) is 30.0 Å². The van der Waals surface area contributed by atoms with Gasteiger partial charge in [-0.3, -0.25) is 4.79 Å². The highest BCUT2D eigenvalue weighted by Gasteiger charge is 2.15. The first-order chi connectivity index (χ1) is 10.1. The van der Waals surface area contributed by atoms with E-state index in [4.69, 9.17) is 0 Å². The van der Waals surface area contributed by atoms with Gasteiger partial charge < -0.3 is 5.32 Å². The summed E-state index contributed by atoms with van der Waals surface area (Å²) in [5.41, 5.74) is 1.30. The summed E-state index contributed by atoms with van der Waals surface area (Å²) in [5.74, 6) is 0.706. The van der Waals surface area contributed by atoms with E-state index in [1.807, 2.05) is 30.7 Å². The van der Waals surface area contributed by atoms with Gasteiger partial charge in [0.2, 0.25) is 0 Å². The Bertz CT molecular complexity index is 613. The van der Waals surface area contributed by atoms with E-state index in [1.165, 1.54) is 10.4 Å². The van der Waals surface area contributed by atoms with Crippen LogP contribution in [0, 0.1) is 0 Å². The monoisotopic (exact) mass is 305 g/mol. The molecule has 2 aromatic heterocycles. The van der Waals surface area contributed by atoms with Crippen molar-refractivity contribution in [2.24, 2.45) is 0 Å². The molecule has 0 aliphatic heterocycles. The molecule has 114 valence electrons. The van der Waals surface area contributed by atoms with Gasteiger partial charge in [-0.2, -0.15) is 5.10 Å². The van der Waals surface area contributed by atoms with Crippen LogP contribution in [-0.4, -0.2) is 15.7 Å². The quantitative estimate of drug-likeness (QED) is 0.865. The van der Waals surface area contributed by atoms with Crippen LogP contribution in [0.5, 0.6) is 0 Å². The fourth-order valence-corrected chi connectivity index (χ4v) is 3.57. The number of carbonyl (C=O) groups is 1. The van der Waals surface area contributed by atoms with Gasteiger partial charge in [0.15, 0.2) is 0 Å². The molecule has 0 radical (unpaired) electrons. The molecule has 0 saturated heterocycles. The second-order valence-electron chi connectivity index (χ2n) is 5.37. The normalized spacial score (nSPS) is 11.1. The molecule has 2 rings (SSSR count). The summed E-state index contributed by atoms with van der Waals surface area (Å²) >= 11 is 1.61. The molecule has 0 atom stereocenters. The van der Waals surface area contributed by atoms with Crippen LogP contribution in [0.1, 0.15) is 60.3 Å². The maximum atomic E-state index is 12.4. The summed E-state index contributed by atoms with van der Waals surface area (Å²) in [6.45, 7) is 8.39. The van der Waals surface area contributed by atoms with E-state index in [0.29, 0.717) is 0 Å². The SMILES string of the molecule is CCCc1sc(C(=O)Nc2ccnn2C(C)C)cc1CC. The minimum atomic E-state index is -0.0422. The molecule has 1 amide bonds. The molecule has 1 N–H and O–H groups in total. The molecular weight excluding hydrogens is 282 g/mol. The van der Waals surface area contributed by atoms with Gasteiger partial charge in [-0.25, -0.2) is 4.68 Å². The van der Waals surface area contributed by atoms with Crippen LogP contribution in [0.2, 0.25) is 0 Å². The van der Waals surface area contributed by atoms with E-state index in [2.05, 4.69) is 24.3 Å². The van der Waals surface area contributed by atoms with Gasteiger partial charge in [0.1, 0.15) is 5.82 Å². The van der Waals surface area contributed by atoms with Crippen molar-refractivity contribution in [3.8, 4) is 0 Å². The van der Waals surface area contributed by atoms with Gasteiger partial charge in [0, 0.05) is 17.0 Å². The van der Waals surface area contributed by atoms with Gasteiger partial charge in [-0.15, -0.1) is 11.3 Å². The van der Waals surface area contributed by atoms with Gasteiger partial charge in [0.25, 0.3) is 5.91 Å². The van der Waals surface area contributed by atoms with Crippen molar-refractivity contribution in [3.63, 3.8) is 0 Å². The minimum Gasteiger partial charge on any atom is -0.306 e. The van der Waals surface area contributed by atoms with Crippen LogP contribution in [0.25, 0.3) is 0 Å². The third-order valence-corrected chi connectivity index (χ3v) is 4.62. The first-order valence-corrected chi connectivity index (χ1v) is 8.34. The number of nitrogens with one attached hydrogen (secondary N) is 1. The Morgan fingerprint density at radius 3 is 2.81 bits per heavy atom. The van der Waals surface area contributed by atoms with Gasteiger partial charge in [0.05, 0.1) is 11.1 Å². The van der Waals surface area contributed by atoms with Crippen molar-refractivity contribution in [2.75, 3.05) is 5.32 Å². The molecule has 0 bridgehead atoms. The fourth-order valence-electron chi connectivity index (χ4n) is 2.32. The highest BCUT2D eigenvalue weighted by Crippen LogP contribution is 2.25. The average Bonchev–Trinajstić information content (AvgIpc) is 3.05. The Hall–Kier alpha value is -1.62. The molecule has 4 nitrogen and oxygen atoms in total. The average molecular weight is 305 g/mol. The van der Waals surface area contributed by atoms with Crippen LogP contribution in [0.4, 0.5) is 5.82 Å². The van der Waals surface area contributed by atoms with E-state index in [1.54, 1.807) is 17.5 Å². The summed E-state index contributed by atoms with van der Waals surface area (Å²) in [6.07, 6.45) is 4.84. The Morgan fingerprint density at radius 1 is 1.43 bits per heavy atom. The first kappa shape index (κ1) is 15.8. The Labute approximate surface area is 130 Å². The van der Waals surface area contributed by atoms with E-state index >= 15 is 0 Å². The summed E-state index contributed by atoms with van der Waals surface area (Å²) in [7, 11) is 0. The standard InChI is InChI=1S/C16H23N3OS/c1-5-7-13-12(6-2)10-14(21-13)16(20)18-15-8-9-17-19(15)11(3)4/h8-11H,5-7H2,1-4H3,(H,18,20). The fraction of sp³-hybridized carbons (Fsp3) is 0.500. The highest BCUT2D eigenvalue weighted by atomic mass is 32.1. The zero-order valence-corrected chi connectivity index (χ0v) is 14.0. The zero-order valence-electron chi connectivity index (χ0n) is 13.1. The molecule has 0 saturated carbocycles. The first-order valence-electron chi connectivity index (χ1n) is 7.53. The summed E-state index contributed by atoms with van der Waals surface area (Å²) in [6, 6.07) is 4.08. The molecule has 0 fully saturated rings.